The molecule has 1 atom stereocenters. The third kappa shape index (κ3) is 4.82. The summed E-state index contributed by atoms with van der Waals surface area (Å²) in [6.07, 6.45) is 4.32. The molecule has 7 heteroatoms. The van der Waals surface area contributed by atoms with Crippen LogP contribution >= 0.6 is 23.4 Å². The standard InChI is InChI=1S/C22H22ClN3O2S/c23-15-7-6-10-17(13-15)24-20(27)14-19-21(28)26(18-11-4-5-12-18)22(29-19)25-16-8-2-1-3-9-16/h1-3,6-10,13,18-19H,4-5,11-12,14H2,(H,24,27). The number of para-hydroxylation sites is 1. The number of amides is 2. The fraction of sp³-hybridized carbons (Fsp3) is 0.318. The van der Waals surface area contributed by atoms with Gasteiger partial charge in [-0.1, -0.05) is 60.5 Å². The Balaban J connectivity index is 1.51. The second-order valence-electron chi connectivity index (χ2n) is 7.25. The molecule has 29 heavy (non-hydrogen) atoms. The summed E-state index contributed by atoms with van der Waals surface area (Å²) >= 11 is 7.37. The summed E-state index contributed by atoms with van der Waals surface area (Å²) in [7, 11) is 0. The molecule has 0 aromatic heterocycles. The molecule has 4 rings (SSSR count). The third-order valence-electron chi connectivity index (χ3n) is 5.12. The molecule has 0 radical (unpaired) electrons. The topological polar surface area (TPSA) is 61.8 Å². The van der Waals surface area contributed by atoms with Crippen LogP contribution in [0, 0.1) is 0 Å². The first-order valence-corrected chi connectivity index (χ1v) is 11.0. The van der Waals surface area contributed by atoms with Crippen molar-refractivity contribution in [2.24, 2.45) is 4.99 Å². The third-order valence-corrected chi connectivity index (χ3v) is 6.50. The predicted octanol–water partition coefficient (Wildman–Crippen LogP) is 5.24. The first-order chi connectivity index (χ1) is 14.1. The van der Waals surface area contributed by atoms with Crippen molar-refractivity contribution in [3.63, 3.8) is 0 Å². The highest BCUT2D eigenvalue weighted by Crippen LogP contribution is 2.37. The number of rotatable bonds is 5. The fourth-order valence-corrected chi connectivity index (χ4v) is 5.16. The van der Waals surface area contributed by atoms with Gasteiger partial charge in [0.1, 0.15) is 5.25 Å². The smallest absolute Gasteiger partial charge is 0.242 e. The molecule has 1 aliphatic heterocycles. The monoisotopic (exact) mass is 427 g/mol. The van der Waals surface area contributed by atoms with Crippen LogP contribution in [0.3, 0.4) is 0 Å². The van der Waals surface area contributed by atoms with Gasteiger partial charge in [0.25, 0.3) is 0 Å². The summed E-state index contributed by atoms with van der Waals surface area (Å²) in [4.78, 5) is 32.3. The minimum atomic E-state index is -0.461. The van der Waals surface area contributed by atoms with E-state index < -0.39 is 5.25 Å². The number of amidine groups is 1. The van der Waals surface area contributed by atoms with E-state index in [4.69, 9.17) is 16.6 Å². The van der Waals surface area contributed by atoms with Crippen LogP contribution in [-0.2, 0) is 9.59 Å². The molecule has 1 unspecified atom stereocenters. The summed E-state index contributed by atoms with van der Waals surface area (Å²) in [5.41, 5.74) is 1.44. The van der Waals surface area contributed by atoms with E-state index in [2.05, 4.69) is 5.32 Å². The number of hydrogen-bond donors (Lipinski definition) is 1. The molecule has 1 saturated heterocycles. The summed E-state index contributed by atoms with van der Waals surface area (Å²) in [6, 6.07) is 16.8. The Kier molecular flexibility index (Phi) is 6.21. The van der Waals surface area contributed by atoms with Gasteiger partial charge < -0.3 is 5.32 Å². The van der Waals surface area contributed by atoms with Crippen LogP contribution in [0.4, 0.5) is 11.4 Å². The molecule has 0 spiro atoms. The molecule has 2 aromatic rings. The number of nitrogens with one attached hydrogen (secondary N) is 1. The van der Waals surface area contributed by atoms with Gasteiger partial charge in [-0.05, 0) is 43.2 Å². The van der Waals surface area contributed by atoms with E-state index in [0.717, 1.165) is 31.4 Å². The Morgan fingerprint density at radius 3 is 2.62 bits per heavy atom. The molecule has 1 N–H and O–H groups in total. The molecule has 1 heterocycles. The second-order valence-corrected chi connectivity index (χ2v) is 8.85. The molecule has 2 amide bonds. The van der Waals surface area contributed by atoms with Gasteiger partial charge in [-0.3, -0.25) is 14.5 Å². The number of carbonyl (C=O) groups excluding carboxylic acids is 2. The second kappa shape index (κ2) is 9.01. The number of aliphatic imine (C=N–C) groups is 1. The van der Waals surface area contributed by atoms with Crippen LogP contribution in [0.15, 0.2) is 59.6 Å². The molecule has 1 saturated carbocycles. The van der Waals surface area contributed by atoms with Crippen molar-refractivity contribution in [1.29, 1.82) is 0 Å². The van der Waals surface area contributed by atoms with E-state index in [0.29, 0.717) is 15.9 Å². The highest BCUT2D eigenvalue weighted by molar-refractivity contribution is 8.15. The van der Waals surface area contributed by atoms with Crippen LogP contribution < -0.4 is 5.32 Å². The Labute approximate surface area is 179 Å². The maximum absolute atomic E-state index is 13.2. The molecule has 2 aliphatic rings. The lowest BCUT2D eigenvalue weighted by molar-refractivity contribution is -0.129. The van der Waals surface area contributed by atoms with Crippen LogP contribution in [0.2, 0.25) is 5.02 Å². The number of thioether (sulfide) groups is 1. The number of nitrogens with zero attached hydrogens (tertiary/aromatic N) is 2. The highest BCUT2D eigenvalue weighted by Gasteiger charge is 2.43. The zero-order valence-corrected chi connectivity index (χ0v) is 17.5. The largest absolute Gasteiger partial charge is 0.326 e. The van der Waals surface area contributed by atoms with E-state index in [1.54, 1.807) is 24.3 Å². The molecular weight excluding hydrogens is 406 g/mol. The minimum Gasteiger partial charge on any atom is -0.326 e. The zero-order valence-electron chi connectivity index (χ0n) is 15.9. The molecule has 150 valence electrons. The lowest BCUT2D eigenvalue weighted by Crippen LogP contribution is -2.40. The van der Waals surface area contributed by atoms with Crippen LogP contribution in [0.1, 0.15) is 32.1 Å². The van der Waals surface area contributed by atoms with Gasteiger partial charge in [-0.2, -0.15) is 0 Å². The van der Waals surface area contributed by atoms with Crippen LogP contribution in [0.25, 0.3) is 0 Å². The van der Waals surface area contributed by atoms with Crippen LogP contribution in [0.5, 0.6) is 0 Å². The van der Waals surface area contributed by atoms with Gasteiger partial charge in [0, 0.05) is 23.2 Å². The Morgan fingerprint density at radius 1 is 1.14 bits per heavy atom. The minimum absolute atomic E-state index is 0.0159. The van der Waals surface area contributed by atoms with Crippen molar-refractivity contribution < 1.29 is 9.59 Å². The molecular formula is C22H22ClN3O2S. The molecule has 2 fully saturated rings. The number of benzene rings is 2. The maximum Gasteiger partial charge on any atom is 0.242 e. The fourth-order valence-electron chi connectivity index (χ4n) is 3.75. The first kappa shape index (κ1) is 20.0. The quantitative estimate of drug-likeness (QED) is 0.709. The lowest BCUT2D eigenvalue weighted by atomic mass is 10.2. The summed E-state index contributed by atoms with van der Waals surface area (Å²) < 4.78 is 0. The SMILES string of the molecule is O=C(CC1SC(=Nc2ccccc2)N(C2CCCC2)C1=O)Nc1cccc(Cl)c1. The number of halogens is 1. The molecule has 0 bridgehead atoms. The highest BCUT2D eigenvalue weighted by atomic mass is 35.5. The maximum atomic E-state index is 13.2. The van der Waals surface area contributed by atoms with Gasteiger partial charge in [-0.15, -0.1) is 0 Å². The van der Waals surface area contributed by atoms with Gasteiger partial charge in [-0.25, -0.2) is 4.99 Å². The summed E-state index contributed by atoms with van der Waals surface area (Å²) in [5, 5.41) is 3.63. The van der Waals surface area contributed by atoms with Gasteiger partial charge in [0.05, 0.1) is 5.69 Å². The van der Waals surface area contributed by atoms with Crippen molar-refractivity contribution in [1.82, 2.24) is 4.90 Å². The van der Waals surface area contributed by atoms with Crippen molar-refractivity contribution in [2.75, 3.05) is 5.32 Å². The average molecular weight is 428 g/mol. The van der Waals surface area contributed by atoms with E-state index in [-0.39, 0.29) is 24.3 Å². The van der Waals surface area contributed by atoms with E-state index >= 15 is 0 Å². The summed E-state index contributed by atoms with van der Waals surface area (Å²) in [6.45, 7) is 0. The van der Waals surface area contributed by atoms with E-state index in [1.165, 1.54) is 11.8 Å². The van der Waals surface area contributed by atoms with E-state index in [9.17, 15) is 9.59 Å². The Morgan fingerprint density at radius 2 is 1.90 bits per heavy atom. The van der Waals surface area contributed by atoms with Crippen molar-refractivity contribution >= 4 is 51.7 Å². The van der Waals surface area contributed by atoms with Crippen LogP contribution in [-0.4, -0.2) is 33.2 Å². The first-order valence-electron chi connectivity index (χ1n) is 9.79. The lowest BCUT2D eigenvalue weighted by Gasteiger charge is -2.23. The Hall–Kier alpha value is -2.31. The Bertz CT molecular complexity index is 929. The van der Waals surface area contributed by atoms with Gasteiger partial charge in [0.15, 0.2) is 5.17 Å². The van der Waals surface area contributed by atoms with Crippen molar-refractivity contribution in [2.45, 2.75) is 43.4 Å². The zero-order chi connectivity index (χ0) is 20.2. The number of anilines is 1. The van der Waals surface area contributed by atoms with Crippen molar-refractivity contribution in [3.8, 4) is 0 Å². The normalized spacial score (nSPS) is 21.1. The summed E-state index contributed by atoms with van der Waals surface area (Å²) in [5.74, 6) is -0.219. The molecule has 1 aliphatic carbocycles. The van der Waals surface area contributed by atoms with E-state index in [1.807, 2.05) is 35.2 Å². The average Bonchev–Trinajstić information content (AvgIpc) is 3.31. The van der Waals surface area contributed by atoms with Crippen molar-refractivity contribution in [3.05, 3.63) is 59.6 Å². The van der Waals surface area contributed by atoms with Gasteiger partial charge >= 0.3 is 0 Å². The predicted molar refractivity (Wildman–Crippen MR) is 119 cm³/mol. The number of carbonyl (C=O) groups is 2. The molecule has 2 aromatic carbocycles. The van der Waals surface area contributed by atoms with Gasteiger partial charge in [0.2, 0.25) is 11.8 Å². The molecule has 5 nitrogen and oxygen atoms in total. The number of hydrogen-bond acceptors (Lipinski definition) is 4.